The van der Waals surface area contributed by atoms with Crippen molar-refractivity contribution in [2.75, 3.05) is 5.32 Å². The van der Waals surface area contributed by atoms with Gasteiger partial charge in [0.1, 0.15) is 0 Å². The van der Waals surface area contributed by atoms with E-state index >= 15 is 0 Å². The number of nitrogens with one attached hydrogen (secondary N) is 2. The van der Waals surface area contributed by atoms with Crippen LogP contribution in [0, 0.1) is 18.6 Å². The van der Waals surface area contributed by atoms with Crippen LogP contribution >= 0.6 is 23.6 Å². The number of aromatic nitrogens is 4. The van der Waals surface area contributed by atoms with Crippen LogP contribution in [0.3, 0.4) is 0 Å². The van der Waals surface area contributed by atoms with E-state index in [0.717, 1.165) is 22.6 Å². The molecule has 8 heteroatoms. The summed E-state index contributed by atoms with van der Waals surface area (Å²) in [6.07, 6.45) is 0.297. The summed E-state index contributed by atoms with van der Waals surface area (Å²) in [5, 5.41) is 12.4. The highest BCUT2D eigenvalue weighted by Crippen LogP contribution is 2.19. The number of hydrogen-bond acceptors (Lipinski definition) is 5. The molecule has 1 aromatic carbocycles. The van der Waals surface area contributed by atoms with Gasteiger partial charge >= 0.3 is 0 Å². The molecular weight excluding hydrogens is 342 g/mol. The van der Waals surface area contributed by atoms with E-state index in [1.54, 1.807) is 0 Å². The molecule has 0 bridgehead atoms. The summed E-state index contributed by atoms with van der Waals surface area (Å²) in [6, 6.07) is 8.02. The Balaban J connectivity index is 1.72. The Hall–Kier alpha value is -2.32. The zero-order valence-corrected chi connectivity index (χ0v) is 15.0. The maximum Gasteiger partial charge on any atom is 0.227 e. The van der Waals surface area contributed by atoms with E-state index in [1.807, 2.05) is 48.1 Å². The lowest BCUT2D eigenvalue weighted by Gasteiger charge is -2.07. The van der Waals surface area contributed by atoms with Crippen LogP contribution in [0.5, 0.6) is 0 Å². The molecule has 6 nitrogen and oxygen atoms in total. The van der Waals surface area contributed by atoms with E-state index in [4.69, 9.17) is 12.2 Å². The van der Waals surface area contributed by atoms with E-state index < -0.39 is 0 Å². The molecule has 0 atom stereocenters. The number of anilines is 1. The molecule has 0 aliphatic heterocycles. The third-order valence-electron chi connectivity index (χ3n) is 3.46. The first-order valence-electron chi connectivity index (χ1n) is 7.47. The number of benzene rings is 1. The van der Waals surface area contributed by atoms with Crippen molar-refractivity contribution in [3.05, 3.63) is 45.7 Å². The zero-order valence-electron chi connectivity index (χ0n) is 13.4. The first-order valence-corrected chi connectivity index (χ1v) is 8.76. The Bertz CT molecular complexity index is 924. The van der Waals surface area contributed by atoms with Crippen LogP contribution < -0.4 is 5.32 Å². The van der Waals surface area contributed by atoms with Gasteiger partial charge < -0.3 is 5.32 Å². The highest BCUT2D eigenvalue weighted by molar-refractivity contribution is 7.71. The number of aryl methyl sites for hydroxylation is 2. The van der Waals surface area contributed by atoms with Crippen LogP contribution in [-0.4, -0.2) is 25.7 Å². The Morgan fingerprint density at radius 3 is 2.96 bits per heavy atom. The lowest BCUT2D eigenvalue weighted by molar-refractivity contribution is -0.116. The summed E-state index contributed by atoms with van der Waals surface area (Å²) in [5.74, 6) is 0.643. The molecule has 3 aromatic rings. The molecule has 0 aliphatic carbocycles. The van der Waals surface area contributed by atoms with Crippen molar-refractivity contribution >= 4 is 34.6 Å². The first-order chi connectivity index (χ1) is 11.5. The number of hydrogen-bond donors (Lipinski definition) is 2. The van der Waals surface area contributed by atoms with Gasteiger partial charge in [0.05, 0.1) is 5.69 Å². The second-order valence-electron chi connectivity index (χ2n) is 5.47. The Morgan fingerprint density at radius 2 is 2.25 bits per heavy atom. The maximum absolute atomic E-state index is 12.1. The molecular formula is C16H17N5OS2. The number of carbonyl (C=O) groups is 1. The molecule has 0 radical (unpaired) electrons. The fourth-order valence-corrected chi connectivity index (χ4v) is 3.26. The number of nitrogens with zero attached hydrogens (tertiary/aromatic N) is 3. The molecule has 0 saturated carbocycles. The molecule has 24 heavy (non-hydrogen) atoms. The van der Waals surface area contributed by atoms with Crippen molar-refractivity contribution in [3.63, 3.8) is 0 Å². The van der Waals surface area contributed by atoms with Crippen molar-refractivity contribution in [2.45, 2.75) is 26.8 Å². The van der Waals surface area contributed by atoms with Gasteiger partial charge in [-0.15, -0.1) is 11.3 Å². The van der Waals surface area contributed by atoms with Gasteiger partial charge in [0.2, 0.25) is 5.91 Å². The van der Waals surface area contributed by atoms with Gasteiger partial charge in [0, 0.05) is 23.9 Å². The van der Waals surface area contributed by atoms with E-state index in [2.05, 4.69) is 20.5 Å². The van der Waals surface area contributed by atoms with Crippen LogP contribution in [0.4, 0.5) is 5.13 Å². The van der Waals surface area contributed by atoms with Crippen LogP contribution in [-0.2, 0) is 11.3 Å². The van der Waals surface area contributed by atoms with Crippen molar-refractivity contribution in [2.24, 2.45) is 0 Å². The van der Waals surface area contributed by atoms with E-state index in [9.17, 15) is 4.79 Å². The van der Waals surface area contributed by atoms with Crippen LogP contribution in [0.1, 0.15) is 17.7 Å². The van der Waals surface area contributed by atoms with Gasteiger partial charge in [-0.1, -0.05) is 23.8 Å². The average molecular weight is 359 g/mol. The van der Waals surface area contributed by atoms with Crippen molar-refractivity contribution in [1.82, 2.24) is 19.7 Å². The maximum atomic E-state index is 12.1. The minimum atomic E-state index is -0.0948. The van der Waals surface area contributed by atoms with Gasteiger partial charge in [-0.25, -0.2) is 4.98 Å². The standard InChI is InChI=1S/C16H17N5OS2/c1-10-4-3-5-12(8-10)14-19-20-16(23)21(14)7-6-13(22)18-15-17-11(2)9-24-15/h3-5,8-9H,6-7H2,1-2H3,(H,20,23)(H,17,18,22). The lowest BCUT2D eigenvalue weighted by Crippen LogP contribution is -2.15. The highest BCUT2D eigenvalue weighted by atomic mass is 32.1. The van der Waals surface area contributed by atoms with Crippen LogP contribution in [0.2, 0.25) is 0 Å². The minimum Gasteiger partial charge on any atom is -0.302 e. The van der Waals surface area contributed by atoms with Gasteiger partial charge in [-0.05, 0) is 32.1 Å². The number of thiazole rings is 1. The Kier molecular flexibility index (Phi) is 4.86. The molecule has 0 saturated heterocycles. The average Bonchev–Trinajstić information content (AvgIpc) is 3.11. The van der Waals surface area contributed by atoms with E-state index in [0.29, 0.717) is 22.9 Å². The Labute approximate surface area is 148 Å². The smallest absolute Gasteiger partial charge is 0.227 e. The molecule has 124 valence electrons. The summed E-state index contributed by atoms with van der Waals surface area (Å²) in [7, 11) is 0. The zero-order chi connectivity index (χ0) is 17.1. The topological polar surface area (TPSA) is 75.6 Å². The molecule has 0 aliphatic rings. The summed E-state index contributed by atoms with van der Waals surface area (Å²) in [5.41, 5.74) is 3.01. The molecule has 1 amide bonds. The number of amides is 1. The fraction of sp³-hybridized carbons (Fsp3) is 0.250. The summed E-state index contributed by atoms with van der Waals surface area (Å²) < 4.78 is 2.35. The van der Waals surface area contributed by atoms with E-state index in [-0.39, 0.29) is 5.91 Å². The second kappa shape index (κ2) is 7.06. The van der Waals surface area contributed by atoms with E-state index in [1.165, 1.54) is 11.3 Å². The predicted octanol–water partition coefficient (Wildman–Crippen LogP) is 3.71. The molecule has 0 spiro atoms. The quantitative estimate of drug-likeness (QED) is 0.681. The number of H-pyrrole nitrogens is 1. The first kappa shape index (κ1) is 16.5. The number of carbonyl (C=O) groups excluding carboxylic acids is 1. The minimum absolute atomic E-state index is 0.0948. The Morgan fingerprint density at radius 1 is 1.42 bits per heavy atom. The molecule has 2 N–H and O–H groups in total. The normalized spacial score (nSPS) is 10.8. The summed E-state index contributed by atoms with van der Waals surface area (Å²) in [4.78, 5) is 16.3. The van der Waals surface area contributed by atoms with Crippen LogP contribution in [0.15, 0.2) is 29.6 Å². The second-order valence-corrected chi connectivity index (χ2v) is 6.71. The summed E-state index contributed by atoms with van der Waals surface area (Å²) in [6.45, 7) is 4.37. The molecule has 2 heterocycles. The largest absolute Gasteiger partial charge is 0.302 e. The van der Waals surface area contributed by atoms with Crippen LogP contribution in [0.25, 0.3) is 11.4 Å². The molecule has 0 fully saturated rings. The molecule has 0 unspecified atom stereocenters. The fourth-order valence-electron chi connectivity index (χ4n) is 2.34. The predicted molar refractivity (Wildman–Crippen MR) is 97.7 cm³/mol. The lowest BCUT2D eigenvalue weighted by atomic mass is 10.1. The van der Waals surface area contributed by atoms with Crippen molar-refractivity contribution in [1.29, 1.82) is 0 Å². The SMILES string of the molecule is Cc1cccc(-c2n[nH]c(=S)n2CCC(=O)Nc2nc(C)cs2)c1. The highest BCUT2D eigenvalue weighted by Gasteiger charge is 2.11. The molecule has 2 aromatic heterocycles. The van der Waals surface area contributed by atoms with Crippen molar-refractivity contribution in [3.8, 4) is 11.4 Å². The monoisotopic (exact) mass is 359 g/mol. The van der Waals surface area contributed by atoms with Gasteiger partial charge in [-0.2, -0.15) is 5.10 Å². The number of aromatic amines is 1. The van der Waals surface area contributed by atoms with Gasteiger partial charge in [0.25, 0.3) is 0 Å². The van der Waals surface area contributed by atoms with Gasteiger partial charge in [0.15, 0.2) is 15.7 Å². The van der Waals surface area contributed by atoms with Crippen molar-refractivity contribution < 1.29 is 4.79 Å². The molecule has 3 rings (SSSR count). The van der Waals surface area contributed by atoms with Gasteiger partial charge in [-0.3, -0.25) is 14.5 Å². The number of rotatable bonds is 5. The third kappa shape index (κ3) is 3.77. The summed E-state index contributed by atoms with van der Waals surface area (Å²) >= 11 is 6.71. The third-order valence-corrected chi connectivity index (χ3v) is 4.65.